The lowest BCUT2D eigenvalue weighted by Crippen LogP contribution is -2.08. The Bertz CT molecular complexity index is 865. The van der Waals surface area contributed by atoms with Crippen molar-refractivity contribution in [1.29, 1.82) is 0 Å². The number of pyridine rings is 1. The van der Waals surface area contributed by atoms with E-state index in [9.17, 15) is 0 Å². The number of hydrogen-bond acceptors (Lipinski definition) is 6. The van der Waals surface area contributed by atoms with Gasteiger partial charge in [-0.3, -0.25) is 4.98 Å². The van der Waals surface area contributed by atoms with E-state index in [4.69, 9.17) is 0 Å². The highest BCUT2D eigenvalue weighted by molar-refractivity contribution is 7.98. The minimum atomic E-state index is 0.492. The molecule has 0 unspecified atom stereocenters. The third-order valence-corrected chi connectivity index (χ3v) is 4.63. The van der Waals surface area contributed by atoms with Crippen molar-refractivity contribution >= 4 is 29.2 Å². The number of nitrogens with zero attached hydrogens (tertiary/aromatic N) is 3. The van der Waals surface area contributed by atoms with Crippen molar-refractivity contribution in [3.05, 3.63) is 54.7 Å². The van der Waals surface area contributed by atoms with Gasteiger partial charge in [-0.25, -0.2) is 4.98 Å². The molecule has 3 aromatic rings. The fourth-order valence-corrected chi connectivity index (χ4v) is 2.94. The first-order chi connectivity index (χ1) is 12.3. The average Bonchev–Trinajstić information content (AvgIpc) is 3.46. The van der Waals surface area contributed by atoms with Crippen LogP contribution in [0.15, 0.2) is 59.6 Å². The third kappa shape index (κ3) is 4.09. The van der Waals surface area contributed by atoms with Gasteiger partial charge in [0, 0.05) is 28.9 Å². The van der Waals surface area contributed by atoms with Crippen molar-refractivity contribution in [2.45, 2.75) is 23.8 Å². The summed E-state index contributed by atoms with van der Waals surface area (Å²) in [6.45, 7) is 0. The van der Waals surface area contributed by atoms with Crippen LogP contribution in [0.1, 0.15) is 12.8 Å². The third-order valence-electron chi connectivity index (χ3n) is 3.91. The van der Waals surface area contributed by atoms with Crippen molar-refractivity contribution in [2.24, 2.45) is 0 Å². The van der Waals surface area contributed by atoms with Crippen LogP contribution in [0, 0.1) is 0 Å². The minimum absolute atomic E-state index is 0.492. The van der Waals surface area contributed by atoms with E-state index >= 15 is 0 Å². The van der Waals surface area contributed by atoms with E-state index in [1.165, 1.54) is 17.7 Å². The standard InChI is InChI=1S/C19H19N5S/c1-25-15-6-4-5-14(11-15)21-18-12-17(16-7-2-3-10-20-16)23-19(24-18)22-13-8-9-13/h2-7,10-13H,8-9H2,1H3,(H2,21,22,23,24). The fourth-order valence-electron chi connectivity index (χ4n) is 2.48. The van der Waals surface area contributed by atoms with E-state index in [2.05, 4.69) is 44.0 Å². The van der Waals surface area contributed by atoms with Crippen molar-refractivity contribution < 1.29 is 0 Å². The summed E-state index contributed by atoms with van der Waals surface area (Å²) in [7, 11) is 0. The number of benzene rings is 1. The normalized spacial score (nSPS) is 13.5. The zero-order valence-electron chi connectivity index (χ0n) is 13.9. The van der Waals surface area contributed by atoms with E-state index in [-0.39, 0.29) is 0 Å². The highest BCUT2D eigenvalue weighted by atomic mass is 32.2. The summed E-state index contributed by atoms with van der Waals surface area (Å²) in [5.41, 5.74) is 2.65. The van der Waals surface area contributed by atoms with Crippen LogP contribution in [0.2, 0.25) is 0 Å². The molecule has 0 saturated heterocycles. The quantitative estimate of drug-likeness (QED) is 0.635. The SMILES string of the molecule is CSc1cccc(Nc2cc(-c3ccccn3)nc(NC3CC3)n2)c1. The van der Waals surface area contributed by atoms with Gasteiger partial charge in [-0.1, -0.05) is 12.1 Å². The van der Waals surface area contributed by atoms with Gasteiger partial charge in [-0.2, -0.15) is 4.98 Å². The minimum Gasteiger partial charge on any atom is -0.351 e. The van der Waals surface area contributed by atoms with Crippen LogP contribution in [0.3, 0.4) is 0 Å². The Morgan fingerprint density at radius 1 is 1.00 bits per heavy atom. The summed E-state index contributed by atoms with van der Waals surface area (Å²) in [6.07, 6.45) is 6.20. The van der Waals surface area contributed by atoms with Crippen molar-refractivity contribution in [3.63, 3.8) is 0 Å². The summed E-state index contributed by atoms with van der Waals surface area (Å²) in [5.74, 6) is 1.41. The molecule has 0 spiro atoms. The molecule has 0 amide bonds. The second-order valence-corrected chi connectivity index (χ2v) is 6.83. The second-order valence-electron chi connectivity index (χ2n) is 5.95. The van der Waals surface area contributed by atoms with Crippen molar-refractivity contribution in [1.82, 2.24) is 15.0 Å². The van der Waals surface area contributed by atoms with Gasteiger partial charge in [0.05, 0.1) is 11.4 Å². The molecule has 2 N–H and O–H groups in total. The Morgan fingerprint density at radius 2 is 1.92 bits per heavy atom. The largest absolute Gasteiger partial charge is 0.351 e. The summed E-state index contributed by atoms with van der Waals surface area (Å²) in [6, 6.07) is 16.5. The van der Waals surface area contributed by atoms with Gasteiger partial charge < -0.3 is 10.6 Å². The maximum absolute atomic E-state index is 4.63. The first-order valence-electron chi connectivity index (χ1n) is 8.28. The van der Waals surface area contributed by atoms with Crippen molar-refractivity contribution in [2.75, 3.05) is 16.9 Å². The molecule has 5 nitrogen and oxygen atoms in total. The van der Waals surface area contributed by atoms with E-state index in [1.807, 2.05) is 36.4 Å². The fraction of sp³-hybridized carbons (Fsp3) is 0.211. The molecule has 0 radical (unpaired) electrons. The first kappa shape index (κ1) is 15.9. The molecule has 1 fully saturated rings. The molecular weight excluding hydrogens is 330 g/mol. The summed E-state index contributed by atoms with van der Waals surface area (Å²) in [4.78, 5) is 14.9. The molecule has 4 rings (SSSR count). The molecule has 6 heteroatoms. The lowest BCUT2D eigenvalue weighted by molar-refractivity contribution is 1.05. The number of hydrogen-bond donors (Lipinski definition) is 2. The molecule has 126 valence electrons. The van der Waals surface area contributed by atoms with Gasteiger partial charge >= 0.3 is 0 Å². The van der Waals surface area contributed by atoms with Crippen LogP contribution in [0.25, 0.3) is 11.4 Å². The zero-order chi connectivity index (χ0) is 17.1. The van der Waals surface area contributed by atoms with Gasteiger partial charge in [0.25, 0.3) is 0 Å². The van der Waals surface area contributed by atoms with E-state index < -0.39 is 0 Å². The van der Waals surface area contributed by atoms with Gasteiger partial charge in [-0.05, 0) is 49.4 Å². The molecule has 2 heterocycles. The Kier molecular flexibility index (Phi) is 4.52. The predicted molar refractivity (Wildman–Crippen MR) is 103 cm³/mol. The Hall–Kier alpha value is -2.60. The van der Waals surface area contributed by atoms with E-state index in [1.54, 1.807) is 18.0 Å². The highest BCUT2D eigenvalue weighted by Gasteiger charge is 2.22. The van der Waals surface area contributed by atoms with E-state index in [0.29, 0.717) is 12.0 Å². The summed E-state index contributed by atoms with van der Waals surface area (Å²) >= 11 is 1.72. The molecule has 1 saturated carbocycles. The smallest absolute Gasteiger partial charge is 0.225 e. The monoisotopic (exact) mass is 349 g/mol. The van der Waals surface area contributed by atoms with Crippen LogP contribution < -0.4 is 10.6 Å². The number of thioether (sulfide) groups is 1. The van der Waals surface area contributed by atoms with Crippen LogP contribution in [0.4, 0.5) is 17.5 Å². The predicted octanol–water partition coefficient (Wildman–Crippen LogP) is 4.58. The van der Waals surface area contributed by atoms with E-state index in [0.717, 1.165) is 22.9 Å². The molecule has 1 aliphatic carbocycles. The molecule has 0 atom stereocenters. The van der Waals surface area contributed by atoms with Crippen LogP contribution >= 0.6 is 11.8 Å². The lowest BCUT2D eigenvalue weighted by atomic mass is 10.2. The summed E-state index contributed by atoms with van der Waals surface area (Å²) < 4.78 is 0. The van der Waals surface area contributed by atoms with Crippen molar-refractivity contribution in [3.8, 4) is 11.4 Å². The van der Waals surface area contributed by atoms with Gasteiger partial charge in [-0.15, -0.1) is 11.8 Å². The molecule has 1 aliphatic rings. The Labute approximate surface area is 151 Å². The average molecular weight is 349 g/mol. The topological polar surface area (TPSA) is 62.7 Å². The Balaban J connectivity index is 1.67. The molecule has 0 aliphatic heterocycles. The Morgan fingerprint density at radius 3 is 2.68 bits per heavy atom. The maximum atomic E-state index is 4.63. The molecular formula is C19H19N5S. The first-order valence-corrected chi connectivity index (χ1v) is 9.51. The van der Waals surface area contributed by atoms with Gasteiger partial charge in [0.15, 0.2) is 0 Å². The zero-order valence-corrected chi connectivity index (χ0v) is 14.8. The van der Waals surface area contributed by atoms with Crippen LogP contribution in [0.5, 0.6) is 0 Å². The molecule has 25 heavy (non-hydrogen) atoms. The summed E-state index contributed by atoms with van der Waals surface area (Å²) in [5, 5.41) is 6.77. The van der Waals surface area contributed by atoms with Crippen LogP contribution in [-0.2, 0) is 0 Å². The maximum Gasteiger partial charge on any atom is 0.225 e. The second kappa shape index (κ2) is 7.11. The van der Waals surface area contributed by atoms with Gasteiger partial charge in [0.2, 0.25) is 5.95 Å². The number of aromatic nitrogens is 3. The molecule has 1 aromatic carbocycles. The highest BCUT2D eigenvalue weighted by Crippen LogP contribution is 2.27. The molecule has 0 bridgehead atoms. The van der Waals surface area contributed by atoms with Crippen LogP contribution in [-0.4, -0.2) is 27.2 Å². The van der Waals surface area contributed by atoms with Gasteiger partial charge in [0.1, 0.15) is 5.82 Å². The number of anilines is 3. The number of rotatable bonds is 6. The number of nitrogens with one attached hydrogen (secondary N) is 2. The lowest BCUT2D eigenvalue weighted by Gasteiger charge is -2.11. The molecule has 2 aromatic heterocycles.